The smallest absolute Gasteiger partial charge is 0.277 e. The van der Waals surface area contributed by atoms with Crippen molar-refractivity contribution in [3.8, 4) is 5.75 Å². The number of hydrogen-bond acceptors (Lipinski definition) is 7. The van der Waals surface area contributed by atoms with Crippen LogP contribution >= 0.6 is 11.8 Å². The number of ketones is 1. The van der Waals surface area contributed by atoms with Gasteiger partial charge in [-0.2, -0.15) is 0 Å². The molecule has 1 amide bonds. The van der Waals surface area contributed by atoms with Crippen molar-refractivity contribution in [2.75, 3.05) is 18.8 Å². The van der Waals surface area contributed by atoms with Crippen LogP contribution in [0.3, 0.4) is 0 Å². The number of amides is 1. The molecule has 3 aromatic rings. The highest BCUT2D eigenvalue weighted by Crippen LogP contribution is 2.26. The summed E-state index contributed by atoms with van der Waals surface area (Å²) in [6.07, 6.45) is 2.89. The molecule has 1 aromatic carbocycles. The fourth-order valence-electron chi connectivity index (χ4n) is 3.20. The fourth-order valence-corrected chi connectivity index (χ4v) is 3.87. The predicted octanol–water partition coefficient (Wildman–Crippen LogP) is 3.89. The van der Waals surface area contributed by atoms with Crippen molar-refractivity contribution in [2.45, 2.75) is 31.1 Å². The van der Waals surface area contributed by atoms with Gasteiger partial charge in [-0.25, -0.2) is 4.39 Å². The Bertz CT molecular complexity index is 1080. The lowest BCUT2D eigenvalue weighted by atomic mass is 10.2. The van der Waals surface area contributed by atoms with Crippen LogP contribution in [0.15, 0.2) is 46.2 Å². The monoisotopic (exact) mass is 444 g/mol. The molecule has 1 N–H and O–H groups in total. The number of thioether (sulfide) groups is 1. The highest BCUT2D eigenvalue weighted by molar-refractivity contribution is 7.99. The molecular formula is C21H21FN4O4S. The molecular weight excluding hydrogens is 423 g/mol. The molecule has 0 unspecified atom stereocenters. The van der Waals surface area contributed by atoms with Crippen LogP contribution in [0.4, 0.5) is 4.39 Å². The van der Waals surface area contributed by atoms with Gasteiger partial charge in [0, 0.05) is 24.8 Å². The zero-order valence-corrected chi connectivity index (χ0v) is 17.7. The van der Waals surface area contributed by atoms with E-state index >= 15 is 0 Å². The third-order valence-electron chi connectivity index (χ3n) is 4.87. The van der Waals surface area contributed by atoms with E-state index in [9.17, 15) is 14.0 Å². The molecule has 0 bridgehead atoms. The van der Waals surface area contributed by atoms with Crippen molar-refractivity contribution in [2.24, 2.45) is 0 Å². The van der Waals surface area contributed by atoms with Gasteiger partial charge in [0.15, 0.2) is 23.5 Å². The zero-order chi connectivity index (χ0) is 21.8. The van der Waals surface area contributed by atoms with Crippen molar-refractivity contribution in [1.29, 1.82) is 0 Å². The van der Waals surface area contributed by atoms with Gasteiger partial charge in [-0.05, 0) is 38.0 Å². The first-order valence-corrected chi connectivity index (χ1v) is 10.9. The van der Waals surface area contributed by atoms with E-state index in [0.717, 1.165) is 37.7 Å². The van der Waals surface area contributed by atoms with Crippen LogP contribution in [0.1, 0.15) is 52.6 Å². The third-order valence-corrected chi connectivity index (χ3v) is 5.68. The SMILES string of the molecule is C[C@H](Oc1ccccc1F)c1nnc(SCC(=O)c2c[nH]c(C(=O)N3CCCC3)c2)o1. The van der Waals surface area contributed by atoms with Crippen molar-refractivity contribution >= 4 is 23.5 Å². The zero-order valence-electron chi connectivity index (χ0n) is 16.8. The summed E-state index contributed by atoms with van der Waals surface area (Å²) in [5, 5.41) is 8.02. The van der Waals surface area contributed by atoms with Crippen molar-refractivity contribution in [3.05, 3.63) is 59.5 Å². The summed E-state index contributed by atoms with van der Waals surface area (Å²) >= 11 is 1.09. The number of H-pyrrole nitrogens is 1. The second-order valence-corrected chi connectivity index (χ2v) is 8.04. The number of carbonyl (C=O) groups excluding carboxylic acids is 2. The van der Waals surface area contributed by atoms with Gasteiger partial charge in [0.05, 0.1) is 5.75 Å². The molecule has 0 spiro atoms. The van der Waals surface area contributed by atoms with Crippen LogP contribution in [0, 0.1) is 5.82 Å². The molecule has 0 saturated carbocycles. The number of aromatic amines is 1. The minimum atomic E-state index is -0.654. The summed E-state index contributed by atoms with van der Waals surface area (Å²) in [5.41, 5.74) is 0.834. The van der Waals surface area contributed by atoms with E-state index in [0.29, 0.717) is 11.3 Å². The van der Waals surface area contributed by atoms with E-state index in [1.165, 1.54) is 18.3 Å². The number of nitrogens with zero attached hydrogens (tertiary/aromatic N) is 3. The number of halogens is 1. The van der Waals surface area contributed by atoms with E-state index < -0.39 is 11.9 Å². The fraction of sp³-hybridized carbons (Fsp3) is 0.333. The lowest BCUT2D eigenvalue weighted by Gasteiger charge is -2.13. The highest BCUT2D eigenvalue weighted by Gasteiger charge is 2.22. The largest absolute Gasteiger partial charge is 0.478 e. The van der Waals surface area contributed by atoms with Crippen LogP contribution in [0.5, 0.6) is 5.75 Å². The molecule has 1 fully saturated rings. The summed E-state index contributed by atoms with van der Waals surface area (Å²) in [6, 6.07) is 7.62. The number of rotatable bonds is 8. The molecule has 4 rings (SSSR count). The molecule has 3 heterocycles. The Morgan fingerprint density at radius 3 is 2.84 bits per heavy atom. The Morgan fingerprint density at radius 1 is 1.29 bits per heavy atom. The summed E-state index contributed by atoms with van der Waals surface area (Å²) in [4.78, 5) is 29.5. The lowest BCUT2D eigenvalue weighted by molar-refractivity contribution is 0.0787. The molecule has 0 radical (unpaired) electrons. The molecule has 31 heavy (non-hydrogen) atoms. The quantitative estimate of drug-likeness (QED) is 0.415. The maximum Gasteiger partial charge on any atom is 0.277 e. The van der Waals surface area contributed by atoms with Crippen LogP contribution < -0.4 is 4.74 Å². The van der Waals surface area contributed by atoms with Gasteiger partial charge in [-0.1, -0.05) is 23.9 Å². The van der Waals surface area contributed by atoms with E-state index in [-0.39, 0.29) is 34.3 Å². The second kappa shape index (κ2) is 9.34. The Balaban J connectivity index is 1.31. The molecule has 8 nitrogen and oxygen atoms in total. The number of ether oxygens (including phenoxy) is 1. The van der Waals surface area contributed by atoms with Gasteiger partial charge < -0.3 is 19.0 Å². The Kier molecular flexibility index (Phi) is 6.36. The molecule has 162 valence electrons. The van der Waals surface area contributed by atoms with Crippen LogP contribution in [-0.4, -0.2) is 50.6 Å². The van der Waals surface area contributed by atoms with Crippen molar-refractivity contribution < 1.29 is 23.1 Å². The van der Waals surface area contributed by atoms with E-state index in [2.05, 4.69) is 15.2 Å². The van der Waals surface area contributed by atoms with E-state index in [1.807, 2.05) is 0 Å². The number of Topliss-reactive ketones (excluding diaryl/α,β-unsaturated/α-hetero) is 1. The normalized spacial score (nSPS) is 14.6. The standard InChI is InChI=1S/C21H21FN4O4S/c1-13(29-18-7-3-2-6-15(18)22)19-24-25-21(30-19)31-12-17(27)14-10-16(23-11-14)20(28)26-8-4-5-9-26/h2-3,6-7,10-11,13,23H,4-5,8-9,12H2,1H3/t13-/m0/s1. The third kappa shape index (κ3) is 4.96. The molecule has 1 saturated heterocycles. The number of aromatic nitrogens is 3. The summed E-state index contributed by atoms with van der Waals surface area (Å²) in [7, 11) is 0. The molecule has 1 aliphatic heterocycles. The predicted molar refractivity (Wildman–Crippen MR) is 111 cm³/mol. The first-order chi connectivity index (χ1) is 15.0. The number of benzene rings is 1. The van der Waals surface area contributed by atoms with Crippen LogP contribution in [-0.2, 0) is 0 Å². The number of carbonyl (C=O) groups is 2. The molecule has 2 aromatic heterocycles. The van der Waals surface area contributed by atoms with Gasteiger partial charge in [-0.15, -0.1) is 10.2 Å². The second-order valence-electron chi connectivity index (χ2n) is 7.11. The average Bonchev–Trinajstić information content (AvgIpc) is 3.55. The first-order valence-electron chi connectivity index (χ1n) is 9.89. The highest BCUT2D eigenvalue weighted by atomic mass is 32.2. The topological polar surface area (TPSA) is 101 Å². The number of para-hydroxylation sites is 1. The Labute approximate surface area is 182 Å². The molecule has 1 atom stereocenters. The summed E-state index contributed by atoms with van der Waals surface area (Å²) in [5.74, 6) is -0.406. The van der Waals surface area contributed by atoms with Crippen molar-refractivity contribution in [1.82, 2.24) is 20.1 Å². The summed E-state index contributed by atoms with van der Waals surface area (Å²) in [6.45, 7) is 3.16. The maximum atomic E-state index is 13.7. The molecule has 0 aliphatic carbocycles. The van der Waals surface area contributed by atoms with Gasteiger partial charge in [0.1, 0.15) is 5.69 Å². The minimum Gasteiger partial charge on any atom is -0.478 e. The summed E-state index contributed by atoms with van der Waals surface area (Å²) < 4.78 is 24.8. The minimum absolute atomic E-state index is 0.0688. The van der Waals surface area contributed by atoms with Crippen molar-refractivity contribution in [3.63, 3.8) is 0 Å². The van der Waals surface area contributed by atoms with Gasteiger partial charge in [0.2, 0.25) is 0 Å². The molecule has 10 heteroatoms. The van der Waals surface area contributed by atoms with Gasteiger partial charge >= 0.3 is 0 Å². The Hall–Kier alpha value is -3.14. The van der Waals surface area contributed by atoms with Gasteiger partial charge in [0.25, 0.3) is 17.0 Å². The Morgan fingerprint density at radius 2 is 2.06 bits per heavy atom. The lowest BCUT2D eigenvalue weighted by Crippen LogP contribution is -2.27. The van der Waals surface area contributed by atoms with E-state index in [1.54, 1.807) is 30.0 Å². The average molecular weight is 444 g/mol. The van der Waals surface area contributed by atoms with Crippen LogP contribution in [0.25, 0.3) is 0 Å². The first kappa shape index (κ1) is 21.1. The number of hydrogen-bond donors (Lipinski definition) is 1. The van der Waals surface area contributed by atoms with Gasteiger partial charge in [-0.3, -0.25) is 9.59 Å². The number of nitrogens with one attached hydrogen (secondary N) is 1. The van der Waals surface area contributed by atoms with E-state index in [4.69, 9.17) is 9.15 Å². The maximum absolute atomic E-state index is 13.7. The molecule has 1 aliphatic rings. The van der Waals surface area contributed by atoms with Crippen LogP contribution in [0.2, 0.25) is 0 Å². The number of likely N-dealkylation sites (tertiary alicyclic amines) is 1.